The minimum atomic E-state index is -0.419. The van der Waals surface area contributed by atoms with E-state index in [9.17, 15) is 14.0 Å². The van der Waals surface area contributed by atoms with Crippen molar-refractivity contribution in [1.29, 1.82) is 0 Å². The van der Waals surface area contributed by atoms with E-state index in [1.807, 2.05) is 30.3 Å². The normalized spacial score (nSPS) is 20.1. The van der Waals surface area contributed by atoms with Crippen molar-refractivity contribution in [1.82, 2.24) is 4.90 Å². The molecule has 2 aliphatic rings. The van der Waals surface area contributed by atoms with Crippen LogP contribution in [0.25, 0.3) is 0 Å². The second-order valence-electron chi connectivity index (χ2n) is 7.69. The van der Waals surface area contributed by atoms with Crippen LogP contribution in [0.15, 0.2) is 54.6 Å². The quantitative estimate of drug-likeness (QED) is 0.779. The summed E-state index contributed by atoms with van der Waals surface area (Å²) in [5, 5.41) is 0. The SMILES string of the molecule is O=C1CC(C(=O)N(c2cccc(F)c2)C2CCOCC2)CN1Cc1ccccc1. The van der Waals surface area contributed by atoms with Gasteiger partial charge in [0.25, 0.3) is 0 Å². The molecule has 2 saturated heterocycles. The molecule has 2 aromatic rings. The molecule has 0 radical (unpaired) electrons. The van der Waals surface area contributed by atoms with Gasteiger partial charge in [-0.1, -0.05) is 36.4 Å². The van der Waals surface area contributed by atoms with Crippen LogP contribution in [0.3, 0.4) is 0 Å². The van der Waals surface area contributed by atoms with Gasteiger partial charge in [-0.2, -0.15) is 0 Å². The average Bonchev–Trinajstić information content (AvgIpc) is 3.10. The smallest absolute Gasteiger partial charge is 0.232 e. The van der Waals surface area contributed by atoms with Crippen molar-refractivity contribution in [3.8, 4) is 0 Å². The molecule has 1 atom stereocenters. The van der Waals surface area contributed by atoms with Crippen LogP contribution in [0.5, 0.6) is 0 Å². The summed E-state index contributed by atoms with van der Waals surface area (Å²) in [6, 6.07) is 15.9. The van der Waals surface area contributed by atoms with Gasteiger partial charge in [0.2, 0.25) is 11.8 Å². The molecule has 0 spiro atoms. The molecule has 0 aromatic heterocycles. The lowest BCUT2D eigenvalue weighted by Gasteiger charge is -2.36. The third-order valence-corrected chi connectivity index (χ3v) is 5.66. The minimum absolute atomic E-state index is 0.0154. The molecule has 1 unspecified atom stereocenters. The van der Waals surface area contributed by atoms with Gasteiger partial charge in [-0.25, -0.2) is 4.39 Å². The molecule has 4 rings (SSSR count). The predicted molar refractivity (Wildman–Crippen MR) is 108 cm³/mol. The maximum absolute atomic E-state index is 13.9. The summed E-state index contributed by atoms with van der Waals surface area (Å²) in [7, 11) is 0. The van der Waals surface area contributed by atoms with Crippen molar-refractivity contribution >= 4 is 17.5 Å². The summed E-state index contributed by atoms with van der Waals surface area (Å²) in [5.41, 5.74) is 1.59. The van der Waals surface area contributed by atoms with Crippen LogP contribution >= 0.6 is 0 Å². The molecule has 152 valence electrons. The van der Waals surface area contributed by atoms with Crippen LogP contribution in [0.2, 0.25) is 0 Å². The van der Waals surface area contributed by atoms with Gasteiger partial charge in [-0.3, -0.25) is 9.59 Å². The molecule has 0 bridgehead atoms. The predicted octanol–water partition coefficient (Wildman–Crippen LogP) is 3.39. The fraction of sp³-hybridized carbons (Fsp3) is 0.391. The zero-order chi connectivity index (χ0) is 20.2. The Morgan fingerprint density at radius 2 is 1.86 bits per heavy atom. The zero-order valence-corrected chi connectivity index (χ0v) is 16.3. The second-order valence-corrected chi connectivity index (χ2v) is 7.69. The lowest BCUT2D eigenvalue weighted by atomic mass is 10.0. The number of carbonyl (C=O) groups is 2. The number of amides is 2. The van der Waals surface area contributed by atoms with Crippen molar-refractivity contribution in [2.75, 3.05) is 24.7 Å². The Bertz CT molecular complexity index is 867. The van der Waals surface area contributed by atoms with Gasteiger partial charge >= 0.3 is 0 Å². The first-order valence-electron chi connectivity index (χ1n) is 10.1. The summed E-state index contributed by atoms with van der Waals surface area (Å²) < 4.78 is 19.3. The van der Waals surface area contributed by atoms with Crippen molar-refractivity contribution in [3.05, 3.63) is 66.0 Å². The molecule has 2 aliphatic heterocycles. The highest BCUT2D eigenvalue weighted by Gasteiger charge is 2.39. The van der Waals surface area contributed by atoms with E-state index in [0.717, 1.165) is 5.56 Å². The Kier molecular flexibility index (Phi) is 5.90. The van der Waals surface area contributed by atoms with Gasteiger partial charge in [0, 0.05) is 44.5 Å². The van der Waals surface area contributed by atoms with E-state index in [4.69, 9.17) is 4.74 Å². The number of hydrogen-bond donors (Lipinski definition) is 0. The average molecular weight is 396 g/mol. The largest absolute Gasteiger partial charge is 0.381 e. The van der Waals surface area contributed by atoms with Crippen LogP contribution in [-0.4, -0.2) is 42.5 Å². The Morgan fingerprint density at radius 1 is 1.10 bits per heavy atom. The summed E-state index contributed by atoms with van der Waals surface area (Å²) in [4.78, 5) is 29.5. The fourth-order valence-corrected chi connectivity index (χ4v) is 4.18. The molecular formula is C23H25FN2O3. The van der Waals surface area contributed by atoms with Crippen LogP contribution in [0, 0.1) is 11.7 Å². The Hall–Kier alpha value is -2.73. The zero-order valence-electron chi connectivity index (χ0n) is 16.3. The lowest BCUT2D eigenvalue weighted by molar-refractivity contribution is -0.129. The molecule has 2 amide bonds. The number of hydrogen-bond acceptors (Lipinski definition) is 3. The van der Waals surface area contributed by atoms with E-state index in [0.29, 0.717) is 44.8 Å². The fourth-order valence-electron chi connectivity index (χ4n) is 4.18. The Morgan fingerprint density at radius 3 is 2.59 bits per heavy atom. The van der Waals surface area contributed by atoms with Gasteiger partial charge < -0.3 is 14.5 Å². The second kappa shape index (κ2) is 8.74. The number of rotatable bonds is 5. The topological polar surface area (TPSA) is 49.9 Å². The number of benzene rings is 2. The maximum Gasteiger partial charge on any atom is 0.232 e. The van der Waals surface area contributed by atoms with E-state index in [1.54, 1.807) is 21.9 Å². The summed E-state index contributed by atoms with van der Waals surface area (Å²) in [5.74, 6) is -0.914. The van der Waals surface area contributed by atoms with Gasteiger partial charge in [0.05, 0.1) is 5.92 Å². The van der Waals surface area contributed by atoms with Crippen molar-refractivity contribution in [2.45, 2.75) is 31.8 Å². The first kappa shape index (κ1) is 19.6. The van der Waals surface area contributed by atoms with Crippen molar-refractivity contribution < 1.29 is 18.7 Å². The van der Waals surface area contributed by atoms with Crippen molar-refractivity contribution in [2.24, 2.45) is 5.92 Å². The Balaban J connectivity index is 1.53. The van der Waals surface area contributed by atoms with E-state index in [1.165, 1.54) is 12.1 Å². The summed E-state index contributed by atoms with van der Waals surface area (Å²) >= 11 is 0. The van der Waals surface area contributed by atoms with Crippen LogP contribution in [-0.2, 0) is 20.9 Å². The number of nitrogens with zero attached hydrogens (tertiary/aromatic N) is 2. The molecule has 6 heteroatoms. The van der Waals surface area contributed by atoms with Gasteiger partial charge in [-0.05, 0) is 36.6 Å². The van der Waals surface area contributed by atoms with E-state index in [-0.39, 0.29) is 30.1 Å². The first-order valence-corrected chi connectivity index (χ1v) is 10.1. The van der Waals surface area contributed by atoms with E-state index in [2.05, 4.69) is 0 Å². The number of halogens is 1. The molecule has 0 aliphatic carbocycles. The number of ether oxygens (including phenoxy) is 1. The minimum Gasteiger partial charge on any atom is -0.381 e. The number of likely N-dealkylation sites (tertiary alicyclic amines) is 1. The van der Waals surface area contributed by atoms with Gasteiger partial charge in [-0.15, -0.1) is 0 Å². The monoisotopic (exact) mass is 396 g/mol. The first-order chi connectivity index (χ1) is 14.1. The standard InChI is InChI=1S/C23H25FN2O3/c24-19-7-4-8-21(14-19)26(20-9-11-29-12-10-20)23(28)18-13-22(27)25(16-18)15-17-5-2-1-3-6-17/h1-8,14,18,20H,9-13,15-16H2. The Labute approximate surface area is 170 Å². The third-order valence-electron chi connectivity index (χ3n) is 5.66. The molecule has 2 heterocycles. The number of carbonyl (C=O) groups excluding carboxylic acids is 2. The molecule has 2 fully saturated rings. The van der Waals surface area contributed by atoms with Crippen LogP contribution in [0.4, 0.5) is 10.1 Å². The number of anilines is 1. The van der Waals surface area contributed by atoms with E-state index < -0.39 is 5.92 Å². The summed E-state index contributed by atoms with van der Waals surface area (Å²) in [6.45, 7) is 2.04. The molecule has 0 N–H and O–H groups in total. The highest BCUT2D eigenvalue weighted by atomic mass is 19.1. The third kappa shape index (κ3) is 4.48. The lowest BCUT2D eigenvalue weighted by Crippen LogP contribution is -2.47. The maximum atomic E-state index is 13.9. The van der Waals surface area contributed by atoms with Crippen LogP contribution < -0.4 is 4.90 Å². The van der Waals surface area contributed by atoms with E-state index >= 15 is 0 Å². The highest BCUT2D eigenvalue weighted by Crippen LogP contribution is 2.29. The highest BCUT2D eigenvalue weighted by molar-refractivity contribution is 5.99. The van der Waals surface area contributed by atoms with Crippen LogP contribution in [0.1, 0.15) is 24.8 Å². The molecule has 5 nitrogen and oxygen atoms in total. The molecular weight excluding hydrogens is 371 g/mol. The van der Waals surface area contributed by atoms with Crippen molar-refractivity contribution in [3.63, 3.8) is 0 Å². The molecule has 0 saturated carbocycles. The molecule has 2 aromatic carbocycles. The molecule has 29 heavy (non-hydrogen) atoms. The van der Waals surface area contributed by atoms with Gasteiger partial charge in [0.15, 0.2) is 0 Å². The summed E-state index contributed by atoms with van der Waals surface area (Å²) in [6.07, 6.45) is 1.61. The van der Waals surface area contributed by atoms with Gasteiger partial charge in [0.1, 0.15) is 5.82 Å².